The molecule has 3 amide bonds. The van der Waals surface area contributed by atoms with E-state index in [1.54, 1.807) is 0 Å². The standard InChI is InChI=1S/C14H23N3O4/c18-12(5-1-2-6-13(19)20)16-14(21)15-10-7-9-17-8-3-4-11(10)17/h10-11H,1-9H2,(H,19,20)(H2,15,16,18,21). The van der Waals surface area contributed by atoms with Crippen molar-refractivity contribution in [3.63, 3.8) is 0 Å². The number of fused-ring (bicyclic) bond motifs is 1. The number of carboxylic acids is 1. The molecule has 0 aromatic heterocycles. The van der Waals surface area contributed by atoms with E-state index in [0.717, 1.165) is 25.9 Å². The average molecular weight is 297 g/mol. The first-order valence-electron chi connectivity index (χ1n) is 7.62. The molecule has 2 rings (SSSR count). The Kier molecular flexibility index (Phi) is 5.55. The number of urea groups is 1. The van der Waals surface area contributed by atoms with Gasteiger partial charge < -0.3 is 10.4 Å². The molecule has 118 valence electrons. The van der Waals surface area contributed by atoms with E-state index < -0.39 is 12.0 Å². The fourth-order valence-corrected chi connectivity index (χ4v) is 3.21. The van der Waals surface area contributed by atoms with Gasteiger partial charge in [-0.25, -0.2) is 4.79 Å². The van der Waals surface area contributed by atoms with Crippen molar-refractivity contribution in [1.82, 2.24) is 15.5 Å². The van der Waals surface area contributed by atoms with Gasteiger partial charge in [-0.2, -0.15) is 0 Å². The molecule has 2 fully saturated rings. The molecule has 7 heteroatoms. The molecule has 2 aliphatic rings. The minimum atomic E-state index is -0.865. The lowest BCUT2D eigenvalue weighted by Gasteiger charge is -2.21. The van der Waals surface area contributed by atoms with E-state index in [-0.39, 0.29) is 24.8 Å². The van der Waals surface area contributed by atoms with Gasteiger partial charge in [0, 0.05) is 31.5 Å². The van der Waals surface area contributed by atoms with Crippen LogP contribution in [-0.4, -0.2) is 53.1 Å². The molecular formula is C14H23N3O4. The molecule has 0 aromatic carbocycles. The predicted octanol–water partition coefficient (Wildman–Crippen LogP) is 0.694. The van der Waals surface area contributed by atoms with Crippen molar-refractivity contribution < 1.29 is 19.5 Å². The van der Waals surface area contributed by atoms with Crippen LogP contribution < -0.4 is 10.6 Å². The van der Waals surface area contributed by atoms with Gasteiger partial charge in [0.1, 0.15) is 0 Å². The van der Waals surface area contributed by atoms with Gasteiger partial charge in [-0.05, 0) is 38.6 Å². The van der Waals surface area contributed by atoms with Gasteiger partial charge in [-0.3, -0.25) is 19.8 Å². The maximum Gasteiger partial charge on any atom is 0.321 e. The summed E-state index contributed by atoms with van der Waals surface area (Å²) in [5, 5.41) is 13.7. The summed E-state index contributed by atoms with van der Waals surface area (Å²) in [6.07, 6.45) is 4.38. The number of rotatable bonds is 6. The van der Waals surface area contributed by atoms with Crippen LogP contribution in [0.4, 0.5) is 4.79 Å². The Bertz CT molecular complexity index is 413. The molecule has 2 unspecified atom stereocenters. The first kappa shape index (κ1) is 15.8. The number of nitrogens with one attached hydrogen (secondary N) is 2. The highest BCUT2D eigenvalue weighted by atomic mass is 16.4. The number of hydrogen-bond donors (Lipinski definition) is 3. The van der Waals surface area contributed by atoms with Crippen LogP contribution in [0.25, 0.3) is 0 Å². The van der Waals surface area contributed by atoms with Crippen molar-refractivity contribution in [3.8, 4) is 0 Å². The molecule has 2 atom stereocenters. The summed E-state index contributed by atoms with van der Waals surface area (Å²) < 4.78 is 0. The highest BCUT2D eigenvalue weighted by Crippen LogP contribution is 2.27. The molecule has 21 heavy (non-hydrogen) atoms. The molecule has 0 radical (unpaired) electrons. The van der Waals surface area contributed by atoms with Gasteiger partial charge in [0.05, 0.1) is 0 Å². The highest BCUT2D eigenvalue weighted by molar-refractivity contribution is 5.94. The first-order chi connectivity index (χ1) is 10.1. The third-order valence-electron chi connectivity index (χ3n) is 4.22. The van der Waals surface area contributed by atoms with E-state index in [0.29, 0.717) is 18.9 Å². The summed E-state index contributed by atoms with van der Waals surface area (Å²) in [5.41, 5.74) is 0. The van der Waals surface area contributed by atoms with Crippen LogP contribution in [0, 0.1) is 0 Å². The summed E-state index contributed by atoms with van der Waals surface area (Å²) in [6.45, 7) is 2.12. The Morgan fingerprint density at radius 3 is 2.62 bits per heavy atom. The SMILES string of the molecule is O=C(O)CCCCC(=O)NC(=O)NC1CCN2CCCC12. The maximum absolute atomic E-state index is 11.8. The van der Waals surface area contributed by atoms with Gasteiger partial charge in [0.2, 0.25) is 5.91 Å². The molecule has 2 saturated heterocycles. The number of carbonyl (C=O) groups excluding carboxylic acids is 2. The lowest BCUT2D eigenvalue weighted by atomic mass is 10.1. The monoisotopic (exact) mass is 297 g/mol. The number of hydrogen-bond acceptors (Lipinski definition) is 4. The number of nitrogens with zero attached hydrogens (tertiary/aromatic N) is 1. The van der Waals surface area contributed by atoms with Gasteiger partial charge in [0.15, 0.2) is 0 Å². The molecule has 0 aromatic rings. The van der Waals surface area contributed by atoms with Gasteiger partial charge in [0.25, 0.3) is 0 Å². The normalized spacial score (nSPS) is 24.6. The Balaban J connectivity index is 1.62. The minimum absolute atomic E-state index is 0.0546. The Morgan fingerprint density at radius 2 is 1.86 bits per heavy atom. The molecule has 7 nitrogen and oxygen atoms in total. The highest BCUT2D eigenvalue weighted by Gasteiger charge is 2.37. The first-order valence-corrected chi connectivity index (χ1v) is 7.62. The molecule has 2 heterocycles. The number of carbonyl (C=O) groups is 3. The Morgan fingerprint density at radius 1 is 1.10 bits per heavy atom. The van der Waals surface area contributed by atoms with E-state index in [2.05, 4.69) is 15.5 Å². The third kappa shape index (κ3) is 4.70. The van der Waals surface area contributed by atoms with Gasteiger partial charge in [-0.1, -0.05) is 0 Å². The molecular weight excluding hydrogens is 274 g/mol. The summed E-state index contributed by atoms with van der Waals surface area (Å²) in [4.78, 5) is 36.1. The second-order valence-electron chi connectivity index (χ2n) is 5.76. The summed E-state index contributed by atoms with van der Waals surface area (Å²) in [6, 6.07) is 0.116. The van der Waals surface area contributed by atoms with E-state index in [9.17, 15) is 14.4 Å². The van der Waals surface area contributed by atoms with Crippen molar-refractivity contribution >= 4 is 17.9 Å². The largest absolute Gasteiger partial charge is 0.481 e. The van der Waals surface area contributed by atoms with Crippen LogP contribution in [-0.2, 0) is 9.59 Å². The molecule has 0 spiro atoms. The fourth-order valence-electron chi connectivity index (χ4n) is 3.21. The van der Waals surface area contributed by atoms with Crippen LogP contribution >= 0.6 is 0 Å². The second kappa shape index (κ2) is 7.40. The van der Waals surface area contributed by atoms with Crippen molar-refractivity contribution in [1.29, 1.82) is 0 Å². The maximum atomic E-state index is 11.8. The molecule has 0 bridgehead atoms. The van der Waals surface area contributed by atoms with Crippen LogP contribution in [0.5, 0.6) is 0 Å². The Hall–Kier alpha value is -1.63. The molecule has 0 aliphatic carbocycles. The quantitative estimate of drug-likeness (QED) is 0.627. The smallest absolute Gasteiger partial charge is 0.321 e. The summed E-state index contributed by atoms with van der Waals surface area (Å²) >= 11 is 0. The van der Waals surface area contributed by atoms with E-state index in [4.69, 9.17) is 5.11 Å². The summed E-state index contributed by atoms with van der Waals surface area (Å²) in [5.74, 6) is -1.21. The van der Waals surface area contributed by atoms with Crippen LogP contribution in [0.1, 0.15) is 44.9 Å². The minimum Gasteiger partial charge on any atom is -0.481 e. The van der Waals surface area contributed by atoms with Crippen molar-refractivity contribution in [2.75, 3.05) is 13.1 Å². The number of imide groups is 1. The number of amides is 3. The van der Waals surface area contributed by atoms with Crippen LogP contribution in [0.2, 0.25) is 0 Å². The molecule has 2 aliphatic heterocycles. The molecule has 0 saturated carbocycles. The third-order valence-corrected chi connectivity index (χ3v) is 4.22. The van der Waals surface area contributed by atoms with E-state index >= 15 is 0 Å². The lowest BCUT2D eigenvalue weighted by molar-refractivity contribution is -0.137. The van der Waals surface area contributed by atoms with Gasteiger partial charge >= 0.3 is 12.0 Å². The van der Waals surface area contributed by atoms with Crippen LogP contribution in [0.3, 0.4) is 0 Å². The zero-order valence-corrected chi connectivity index (χ0v) is 12.1. The van der Waals surface area contributed by atoms with E-state index in [1.165, 1.54) is 6.42 Å². The molecule has 3 N–H and O–H groups in total. The van der Waals surface area contributed by atoms with Crippen molar-refractivity contribution in [2.24, 2.45) is 0 Å². The zero-order chi connectivity index (χ0) is 15.2. The zero-order valence-electron chi connectivity index (χ0n) is 12.1. The van der Waals surface area contributed by atoms with Gasteiger partial charge in [-0.15, -0.1) is 0 Å². The number of aliphatic carboxylic acids is 1. The lowest BCUT2D eigenvalue weighted by Crippen LogP contribution is -2.48. The predicted molar refractivity (Wildman–Crippen MR) is 75.8 cm³/mol. The van der Waals surface area contributed by atoms with Crippen molar-refractivity contribution in [3.05, 3.63) is 0 Å². The van der Waals surface area contributed by atoms with Crippen LogP contribution in [0.15, 0.2) is 0 Å². The topological polar surface area (TPSA) is 98.7 Å². The fraction of sp³-hybridized carbons (Fsp3) is 0.786. The summed E-state index contributed by atoms with van der Waals surface area (Å²) in [7, 11) is 0. The average Bonchev–Trinajstić information content (AvgIpc) is 2.99. The Labute approximate surface area is 124 Å². The second-order valence-corrected chi connectivity index (χ2v) is 5.76. The number of unbranched alkanes of at least 4 members (excludes halogenated alkanes) is 1. The van der Waals surface area contributed by atoms with Crippen molar-refractivity contribution in [2.45, 2.75) is 57.0 Å². The van der Waals surface area contributed by atoms with E-state index in [1.807, 2.05) is 0 Å². The number of carboxylic acid groups (broad SMARTS) is 1.